The molecule has 0 saturated heterocycles. The number of aromatic nitrogens is 2. The molecule has 112 valence electrons. The van der Waals surface area contributed by atoms with E-state index in [1.807, 2.05) is 20.8 Å². The highest BCUT2D eigenvalue weighted by Gasteiger charge is 2.14. The molecule has 1 heterocycles. The van der Waals surface area contributed by atoms with Crippen LogP contribution in [0.25, 0.3) is 0 Å². The standard InChI is InChI=1S/C13H24N6O/c1-5-6-15-13(20)9(4)16-10-7-11(19-14)18-12(17-10)8(2)3/h7-9H,5-6,14H2,1-4H3,(H,15,20)(H2,16,17,18,19). The third-order valence-corrected chi connectivity index (χ3v) is 2.71. The maximum atomic E-state index is 11.8. The summed E-state index contributed by atoms with van der Waals surface area (Å²) in [5, 5.41) is 5.89. The Balaban J connectivity index is 2.80. The molecule has 1 unspecified atom stereocenters. The summed E-state index contributed by atoms with van der Waals surface area (Å²) >= 11 is 0. The fraction of sp³-hybridized carbons (Fsp3) is 0.615. The first-order valence-corrected chi connectivity index (χ1v) is 6.87. The van der Waals surface area contributed by atoms with Crippen molar-refractivity contribution in [1.29, 1.82) is 0 Å². The van der Waals surface area contributed by atoms with Crippen molar-refractivity contribution in [3.05, 3.63) is 11.9 Å². The van der Waals surface area contributed by atoms with Gasteiger partial charge < -0.3 is 16.1 Å². The molecule has 20 heavy (non-hydrogen) atoms. The van der Waals surface area contributed by atoms with Gasteiger partial charge in [0.1, 0.15) is 23.5 Å². The molecule has 7 nitrogen and oxygen atoms in total. The molecule has 0 spiro atoms. The lowest BCUT2D eigenvalue weighted by atomic mass is 10.2. The molecule has 0 radical (unpaired) electrons. The number of nitrogens with zero attached hydrogens (tertiary/aromatic N) is 2. The van der Waals surface area contributed by atoms with Crippen LogP contribution in [0.1, 0.15) is 45.9 Å². The third-order valence-electron chi connectivity index (χ3n) is 2.71. The first-order valence-electron chi connectivity index (χ1n) is 6.87. The van der Waals surface area contributed by atoms with Crippen LogP contribution in [0.15, 0.2) is 6.07 Å². The normalized spacial score (nSPS) is 12.1. The van der Waals surface area contributed by atoms with Gasteiger partial charge in [0, 0.05) is 18.5 Å². The fourth-order valence-electron chi connectivity index (χ4n) is 1.56. The summed E-state index contributed by atoms with van der Waals surface area (Å²) in [6, 6.07) is 1.30. The van der Waals surface area contributed by atoms with Crippen LogP contribution in [0.3, 0.4) is 0 Å². The molecule has 0 aliphatic carbocycles. The predicted molar refractivity (Wildman–Crippen MR) is 80.3 cm³/mol. The highest BCUT2D eigenvalue weighted by molar-refractivity contribution is 5.83. The minimum atomic E-state index is -0.373. The largest absolute Gasteiger partial charge is 0.358 e. The maximum absolute atomic E-state index is 11.8. The minimum absolute atomic E-state index is 0.0567. The zero-order valence-electron chi connectivity index (χ0n) is 12.5. The summed E-state index contributed by atoms with van der Waals surface area (Å²) in [4.78, 5) is 20.5. The smallest absolute Gasteiger partial charge is 0.242 e. The van der Waals surface area contributed by atoms with E-state index in [1.165, 1.54) is 0 Å². The van der Waals surface area contributed by atoms with E-state index in [9.17, 15) is 4.79 Å². The van der Waals surface area contributed by atoms with Gasteiger partial charge in [0.25, 0.3) is 0 Å². The Kier molecular flexibility index (Phi) is 6.17. The van der Waals surface area contributed by atoms with Gasteiger partial charge in [-0.3, -0.25) is 4.79 Å². The van der Waals surface area contributed by atoms with Crippen molar-refractivity contribution in [3.63, 3.8) is 0 Å². The summed E-state index contributed by atoms with van der Waals surface area (Å²) < 4.78 is 0. The van der Waals surface area contributed by atoms with Crippen LogP contribution in [0.2, 0.25) is 0 Å². The van der Waals surface area contributed by atoms with Gasteiger partial charge in [-0.25, -0.2) is 15.8 Å². The number of hydrogen-bond acceptors (Lipinski definition) is 6. The molecule has 1 rings (SSSR count). The van der Waals surface area contributed by atoms with Crippen LogP contribution in [0, 0.1) is 0 Å². The van der Waals surface area contributed by atoms with Crippen LogP contribution >= 0.6 is 0 Å². The first kappa shape index (κ1) is 16.2. The number of amides is 1. The van der Waals surface area contributed by atoms with E-state index in [0.717, 1.165) is 6.42 Å². The Hall–Kier alpha value is -1.89. The highest BCUT2D eigenvalue weighted by Crippen LogP contribution is 2.16. The van der Waals surface area contributed by atoms with Crippen LogP contribution in [0.4, 0.5) is 11.6 Å². The van der Waals surface area contributed by atoms with Gasteiger partial charge in [0.15, 0.2) is 0 Å². The molecule has 1 aromatic heterocycles. The molecule has 0 aromatic carbocycles. The van der Waals surface area contributed by atoms with Gasteiger partial charge >= 0.3 is 0 Å². The summed E-state index contributed by atoms with van der Waals surface area (Å²) in [7, 11) is 0. The van der Waals surface area contributed by atoms with Gasteiger partial charge in [-0.1, -0.05) is 20.8 Å². The molecule has 0 aliphatic heterocycles. The zero-order chi connectivity index (χ0) is 15.1. The molecule has 0 bridgehead atoms. The number of hydrogen-bond donors (Lipinski definition) is 4. The van der Waals surface area contributed by atoms with E-state index in [2.05, 4.69) is 26.0 Å². The molecule has 7 heteroatoms. The Morgan fingerprint density at radius 2 is 1.95 bits per heavy atom. The van der Waals surface area contributed by atoms with E-state index in [0.29, 0.717) is 24.0 Å². The van der Waals surface area contributed by atoms with E-state index in [1.54, 1.807) is 13.0 Å². The van der Waals surface area contributed by atoms with Gasteiger partial charge in [-0.2, -0.15) is 0 Å². The summed E-state index contributed by atoms with van der Waals surface area (Å²) in [5.74, 6) is 7.28. The molecule has 5 N–H and O–H groups in total. The Bertz CT molecular complexity index is 448. The molecular weight excluding hydrogens is 256 g/mol. The Labute approximate surface area is 119 Å². The topological polar surface area (TPSA) is 105 Å². The molecular formula is C13H24N6O. The molecule has 1 amide bonds. The number of nitrogen functional groups attached to an aromatic ring is 1. The second kappa shape index (κ2) is 7.64. The SMILES string of the molecule is CCCNC(=O)C(C)Nc1cc(NN)nc(C(C)C)n1. The zero-order valence-corrected chi connectivity index (χ0v) is 12.5. The van der Waals surface area contributed by atoms with Gasteiger partial charge in [-0.15, -0.1) is 0 Å². The van der Waals surface area contributed by atoms with Crippen LogP contribution in [-0.2, 0) is 4.79 Å². The number of carbonyl (C=O) groups is 1. The average Bonchev–Trinajstić information content (AvgIpc) is 2.43. The number of nitrogens with two attached hydrogens (primary N) is 1. The number of carbonyl (C=O) groups excluding carboxylic acids is 1. The quantitative estimate of drug-likeness (QED) is 0.442. The number of anilines is 2. The monoisotopic (exact) mass is 280 g/mol. The summed E-state index contributed by atoms with van der Waals surface area (Å²) in [6.07, 6.45) is 0.907. The molecule has 1 aromatic rings. The van der Waals surface area contributed by atoms with Crippen LogP contribution in [-0.4, -0.2) is 28.5 Å². The molecule has 0 fully saturated rings. The second-order valence-corrected chi connectivity index (χ2v) is 4.95. The van der Waals surface area contributed by atoms with E-state index >= 15 is 0 Å². The van der Waals surface area contributed by atoms with Crippen molar-refractivity contribution in [2.45, 2.75) is 46.1 Å². The van der Waals surface area contributed by atoms with Crippen molar-refractivity contribution >= 4 is 17.5 Å². The maximum Gasteiger partial charge on any atom is 0.242 e. The molecule has 0 aliphatic rings. The minimum Gasteiger partial charge on any atom is -0.358 e. The van der Waals surface area contributed by atoms with Crippen molar-refractivity contribution < 1.29 is 4.79 Å². The number of rotatable bonds is 7. The summed E-state index contributed by atoms with van der Waals surface area (Å²) in [5.41, 5.74) is 2.51. The Morgan fingerprint density at radius 1 is 1.30 bits per heavy atom. The van der Waals surface area contributed by atoms with Gasteiger partial charge in [0.2, 0.25) is 5.91 Å². The van der Waals surface area contributed by atoms with Crippen LogP contribution in [0.5, 0.6) is 0 Å². The van der Waals surface area contributed by atoms with Crippen molar-refractivity contribution in [2.24, 2.45) is 5.84 Å². The first-order chi connectivity index (χ1) is 9.47. The third kappa shape index (κ3) is 4.65. The number of nitrogens with one attached hydrogen (secondary N) is 3. The number of hydrazine groups is 1. The predicted octanol–water partition coefficient (Wildman–Crippen LogP) is 1.21. The van der Waals surface area contributed by atoms with E-state index in [-0.39, 0.29) is 17.9 Å². The lowest BCUT2D eigenvalue weighted by Crippen LogP contribution is -2.38. The molecule has 0 saturated carbocycles. The fourth-order valence-corrected chi connectivity index (χ4v) is 1.56. The Morgan fingerprint density at radius 3 is 2.50 bits per heavy atom. The van der Waals surface area contributed by atoms with E-state index < -0.39 is 0 Å². The van der Waals surface area contributed by atoms with Crippen molar-refractivity contribution in [2.75, 3.05) is 17.3 Å². The van der Waals surface area contributed by atoms with Crippen molar-refractivity contribution in [1.82, 2.24) is 15.3 Å². The van der Waals surface area contributed by atoms with Gasteiger partial charge in [-0.05, 0) is 13.3 Å². The molecule has 1 atom stereocenters. The summed E-state index contributed by atoms with van der Waals surface area (Å²) in [6.45, 7) is 8.46. The highest BCUT2D eigenvalue weighted by atomic mass is 16.2. The average molecular weight is 280 g/mol. The second-order valence-electron chi connectivity index (χ2n) is 4.95. The van der Waals surface area contributed by atoms with Crippen LogP contribution < -0.4 is 21.9 Å². The lowest BCUT2D eigenvalue weighted by molar-refractivity contribution is -0.121. The van der Waals surface area contributed by atoms with E-state index in [4.69, 9.17) is 5.84 Å². The van der Waals surface area contributed by atoms with Crippen molar-refractivity contribution in [3.8, 4) is 0 Å². The lowest BCUT2D eigenvalue weighted by Gasteiger charge is -2.16. The van der Waals surface area contributed by atoms with Gasteiger partial charge in [0.05, 0.1) is 0 Å².